The van der Waals surface area contributed by atoms with Crippen LogP contribution in [0.15, 0.2) is 29.2 Å². The molecule has 188 valence electrons. The number of benzene rings is 1. The van der Waals surface area contributed by atoms with Crippen LogP contribution in [0.5, 0.6) is 0 Å². The first kappa shape index (κ1) is 26.1. The number of likely N-dealkylation sites (tertiary alicyclic amines) is 1. The molecule has 0 aliphatic carbocycles. The molecule has 2 aliphatic rings. The van der Waals surface area contributed by atoms with E-state index in [4.69, 9.17) is 0 Å². The summed E-state index contributed by atoms with van der Waals surface area (Å²) in [5, 5.41) is 2.58. The summed E-state index contributed by atoms with van der Waals surface area (Å²) in [5.74, 6) is -0.412. The van der Waals surface area contributed by atoms with Crippen molar-refractivity contribution in [3.63, 3.8) is 0 Å². The van der Waals surface area contributed by atoms with E-state index in [0.29, 0.717) is 38.4 Å². The summed E-state index contributed by atoms with van der Waals surface area (Å²) in [6, 6.07) is 5.09. The molecule has 0 aromatic heterocycles. The van der Waals surface area contributed by atoms with Gasteiger partial charge in [-0.3, -0.25) is 19.3 Å². The zero-order valence-corrected chi connectivity index (χ0v) is 20.9. The van der Waals surface area contributed by atoms with Gasteiger partial charge in [-0.05, 0) is 57.4 Å². The van der Waals surface area contributed by atoms with Crippen molar-refractivity contribution in [2.75, 3.05) is 44.6 Å². The van der Waals surface area contributed by atoms with Gasteiger partial charge in [0.05, 0.1) is 17.5 Å². The standard InChI is InChI=1S/C23H35N5O5S/c1-17-6-4-5-11-28(17)22(30)16-26-12-14-27(15-13-26)23(31)18(2)25-34(32,33)21-9-7-20(8-10-21)24-19(3)29/h7-10,17-18,25H,4-6,11-16H2,1-3H3,(H,24,29)/t17?,18-/m0/s1. The number of amides is 3. The summed E-state index contributed by atoms with van der Waals surface area (Å²) in [4.78, 5) is 42.3. The van der Waals surface area contributed by atoms with E-state index in [2.05, 4.69) is 21.9 Å². The van der Waals surface area contributed by atoms with Gasteiger partial charge < -0.3 is 15.1 Å². The molecule has 2 N–H and O–H groups in total. The maximum absolute atomic E-state index is 12.9. The van der Waals surface area contributed by atoms with Crippen LogP contribution >= 0.6 is 0 Å². The van der Waals surface area contributed by atoms with Gasteiger partial charge in [-0.25, -0.2) is 8.42 Å². The van der Waals surface area contributed by atoms with Gasteiger partial charge >= 0.3 is 0 Å². The summed E-state index contributed by atoms with van der Waals surface area (Å²) in [7, 11) is -3.90. The number of piperidine rings is 1. The number of hydrogen-bond donors (Lipinski definition) is 2. The zero-order chi connectivity index (χ0) is 24.9. The fraction of sp³-hybridized carbons (Fsp3) is 0.609. The third kappa shape index (κ3) is 6.77. The van der Waals surface area contributed by atoms with Gasteiger partial charge in [-0.15, -0.1) is 0 Å². The average molecular weight is 494 g/mol. The van der Waals surface area contributed by atoms with Crippen LogP contribution < -0.4 is 10.0 Å². The van der Waals surface area contributed by atoms with Crippen LogP contribution in [0.2, 0.25) is 0 Å². The van der Waals surface area contributed by atoms with Crippen LogP contribution in [0.1, 0.15) is 40.0 Å². The Morgan fingerprint density at radius 3 is 2.26 bits per heavy atom. The molecule has 1 aromatic carbocycles. The van der Waals surface area contributed by atoms with E-state index < -0.39 is 16.1 Å². The van der Waals surface area contributed by atoms with E-state index in [1.54, 1.807) is 4.90 Å². The average Bonchev–Trinajstić information content (AvgIpc) is 2.79. The van der Waals surface area contributed by atoms with Crippen LogP contribution in [0.4, 0.5) is 5.69 Å². The van der Waals surface area contributed by atoms with Crippen LogP contribution in [-0.4, -0.2) is 92.2 Å². The number of piperazine rings is 1. The molecule has 0 spiro atoms. The smallest absolute Gasteiger partial charge is 0.241 e. The molecule has 3 amide bonds. The second kappa shape index (κ2) is 11.3. The molecule has 2 aliphatic heterocycles. The van der Waals surface area contributed by atoms with Crippen molar-refractivity contribution in [1.82, 2.24) is 19.4 Å². The highest BCUT2D eigenvalue weighted by Crippen LogP contribution is 2.18. The van der Waals surface area contributed by atoms with Crippen molar-refractivity contribution in [3.8, 4) is 0 Å². The summed E-state index contributed by atoms with van der Waals surface area (Å²) < 4.78 is 27.8. The lowest BCUT2D eigenvalue weighted by molar-refractivity contribution is -0.137. The van der Waals surface area contributed by atoms with E-state index in [1.165, 1.54) is 38.1 Å². The zero-order valence-electron chi connectivity index (χ0n) is 20.1. The highest BCUT2D eigenvalue weighted by Gasteiger charge is 2.30. The van der Waals surface area contributed by atoms with Crippen molar-refractivity contribution < 1.29 is 22.8 Å². The number of rotatable bonds is 7. The fourth-order valence-electron chi connectivity index (χ4n) is 4.42. The van der Waals surface area contributed by atoms with Crippen molar-refractivity contribution >= 4 is 33.4 Å². The largest absolute Gasteiger partial charge is 0.339 e. The number of carbonyl (C=O) groups excluding carboxylic acids is 3. The SMILES string of the molecule is CC(=O)Nc1ccc(S(=O)(=O)N[C@@H](C)C(=O)N2CCN(CC(=O)N3CCCCC3C)CC2)cc1. The molecule has 2 fully saturated rings. The molecule has 2 atom stereocenters. The lowest BCUT2D eigenvalue weighted by Crippen LogP contribution is -2.56. The number of carbonyl (C=O) groups is 3. The Kier molecular flexibility index (Phi) is 8.67. The lowest BCUT2D eigenvalue weighted by atomic mass is 10.0. The third-order valence-corrected chi connectivity index (χ3v) is 7.91. The van der Waals surface area contributed by atoms with Crippen LogP contribution in [-0.2, 0) is 24.4 Å². The van der Waals surface area contributed by atoms with Crippen LogP contribution in [0, 0.1) is 0 Å². The minimum absolute atomic E-state index is 0.0107. The van der Waals surface area contributed by atoms with Crippen molar-refractivity contribution in [1.29, 1.82) is 0 Å². The monoisotopic (exact) mass is 493 g/mol. The molecular weight excluding hydrogens is 458 g/mol. The van der Waals surface area contributed by atoms with Crippen LogP contribution in [0.25, 0.3) is 0 Å². The molecule has 10 nitrogen and oxygen atoms in total. The molecule has 2 heterocycles. The van der Waals surface area contributed by atoms with E-state index in [9.17, 15) is 22.8 Å². The first-order valence-electron chi connectivity index (χ1n) is 11.8. The number of anilines is 1. The van der Waals surface area contributed by atoms with Crippen molar-refractivity contribution in [3.05, 3.63) is 24.3 Å². The minimum Gasteiger partial charge on any atom is -0.339 e. The number of nitrogens with one attached hydrogen (secondary N) is 2. The fourth-order valence-corrected chi connectivity index (χ4v) is 5.62. The van der Waals surface area contributed by atoms with E-state index in [-0.39, 0.29) is 28.7 Å². The molecule has 2 saturated heterocycles. The lowest BCUT2D eigenvalue weighted by Gasteiger charge is -2.38. The summed E-state index contributed by atoms with van der Waals surface area (Å²) in [5.41, 5.74) is 0.488. The molecule has 0 saturated carbocycles. The Hall–Kier alpha value is -2.50. The molecule has 11 heteroatoms. The molecule has 34 heavy (non-hydrogen) atoms. The second-order valence-corrected chi connectivity index (χ2v) is 10.8. The molecule has 0 bridgehead atoms. The van der Waals surface area contributed by atoms with Gasteiger partial charge in [-0.1, -0.05) is 0 Å². The van der Waals surface area contributed by atoms with Crippen molar-refractivity contribution in [2.45, 2.75) is 57.0 Å². The van der Waals surface area contributed by atoms with Gasteiger partial charge in [0.25, 0.3) is 0 Å². The quantitative estimate of drug-likeness (QED) is 0.582. The Morgan fingerprint density at radius 2 is 1.68 bits per heavy atom. The molecule has 1 aromatic rings. The number of hydrogen-bond acceptors (Lipinski definition) is 6. The Morgan fingerprint density at radius 1 is 1.03 bits per heavy atom. The highest BCUT2D eigenvalue weighted by molar-refractivity contribution is 7.89. The predicted molar refractivity (Wildman–Crippen MR) is 129 cm³/mol. The minimum atomic E-state index is -3.90. The van der Waals surface area contributed by atoms with Gasteiger partial charge in [0.2, 0.25) is 27.7 Å². The summed E-state index contributed by atoms with van der Waals surface area (Å²) in [6.45, 7) is 8.18. The number of sulfonamides is 1. The molecular formula is C23H35N5O5S. The van der Waals surface area contributed by atoms with E-state index >= 15 is 0 Å². The first-order valence-corrected chi connectivity index (χ1v) is 13.3. The Labute approximate surface area is 201 Å². The normalized spacial score (nSPS) is 20.6. The predicted octanol–water partition coefficient (Wildman–Crippen LogP) is 0.857. The van der Waals surface area contributed by atoms with Crippen LogP contribution in [0.3, 0.4) is 0 Å². The van der Waals surface area contributed by atoms with E-state index in [0.717, 1.165) is 25.8 Å². The maximum Gasteiger partial charge on any atom is 0.241 e. The summed E-state index contributed by atoms with van der Waals surface area (Å²) in [6.07, 6.45) is 3.25. The second-order valence-electron chi connectivity index (χ2n) is 9.08. The van der Waals surface area contributed by atoms with Crippen molar-refractivity contribution in [2.24, 2.45) is 0 Å². The van der Waals surface area contributed by atoms with E-state index in [1.807, 2.05) is 4.90 Å². The number of nitrogens with zero attached hydrogens (tertiary/aromatic N) is 3. The Bertz CT molecular complexity index is 990. The first-order chi connectivity index (χ1) is 16.1. The van der Waals surface area contributed by atoms with Gasteiger partial charge in [0, 0.05) is 51.4 Å². The third-order valence-electron chi connectivity index (χ3n) is 6.35. The molecule has 1 unspecified atom stereocenters. The summed E-state index contributed by atoms with van der Waals surface area (Å²) >= 11 is 0. The maximum atomic E-state index is 12.9. The topological polar surface area (TPSA) is 119 Å². The van der Waals surface area contributed by atoms with Gasteiger partial charge in [0.15, 0.2) is 0 Å². The van der Waals surface area contributed by atoms with Gasteiger partial charge in [-0.2, -0.15) is 4.72 Å². The highest BCUT2D eigenvalue weighted by atomic mass is 32.2. The van der Waals surface area contributed by atoms with Gasteiger partial charge in [0.1, 0.15) is 0 Å². The molecule has 3 rings (SSSR count). The molecule has 0 radical (unpaired) electrons. The Balaban J connectivity index is 1.49.